The van der Waals surface area contributed by atoms with E-state index < -0.39 is 6.36 Å². The highest BCUT2D eigenvalue weighted by Crippen LogP contribution is 2.36. The van der Waals surface area contributed by atoms with Crippen LogP contribution in [-0.2, 0) is 0 Å². The first kappa shape index (κ1) is 12.4. The maximum absolute atomic E-state index is 12.1. The molecule has 1 aromatic carbocycles. The molecule has 0 unspecified atom stereocenters. The van der Waals surface area contributed by atoms with Crippen molar-refractivity contribution >= 4 is 15.9 Å². The molecule has 0 fully saturated rings. The van der Waals surface area contributed by atoms with Gasteiger partial charge in [-0.2, -0.15) is 0 Å². The number of alkyl halides is 3. The van der Waals surface area contributed by atoms with Crippen molar-refractivity contribution in [3.8, 4) is 5.75 Å². The van der Waals surface area contributed by atoms with Crippen molar-refractivity contribution < 1.29 is 17.9 Å². The summed E-state index contributed by atoms with van der Waals surface area (Å²) < 4.78 is 40.6. The minimum Gasteiger partial charge on any atom is -0.404 e. The Hall–Kier alpha value is -0.710. The van der Waals surface area contributed by atoms with Gasteiger partial charge in [0.1, 0.15) is 5.75 Å². The summed E-state index contributed by atoms with van der Waals surface area (Å²) in [6.45, 7) is 3.45. The van der Waals surface area contributed by atoms with Gasteiger partial charge in [0, 0.05) is 11.5 Å². The standard InChI is InChI=1S/C10H9BrF3O/c1-6(2)7-4-3-5-8(11)9(7)15-10(12,13)14/h3-5H,1-2H3. The van der Waals surface area contributed by atoms with Gasteiger partial charge in [-0.3, -0.25) is 0 Å². The third kappa shape index (κ3) is 3.41. The molecule has 0 saturated carbocycles. The van der Waals surface area contributed by atoms with E-state index in [2.05, 4.69) is 20.7 Å². The van der Waals surface area contributed by atoms with Gasteiger partial charge in [0.2, 0.25) is 0 Å². The number of ether oxygens (including phenoxy) is 1. The van der Waals surface area contributed by atoms with Crippen LogP contribution in [0.3, 0.4) is 0 Å². The molecule has 1 radical (unpaired) electrons. The molecule has 0 N–H and O–H groups in total. The average Bonchev–Trinajstić information content (AvgIpc) is 2.05. The monoisotopic (exact) mass is 281 g/mol. The summed E-state index contributed by atoms with van der Waals surface area (Å²) in [6, 6.07) is 4.75. The Bertz CT molecular complexity index is 347. The molecule has 1 rings (SSSR count). The lowest BCUT2D eigenvalue weighted by Gasteiger charge is -2.16. The lowest BCUT2D eigenvalue weighted by molar-refractivity contribution is -0.275. The molecule has 0 saturated heterocycles. The predicted molar refractivity (Wildman–Crippen MR) is 54.5 cm³/mol. The second-order valence-corrected chi connectivity index (χ2v) is 4.02. The van der Waals surface area contributed by atoms with E-state index in [-0.39, 0.29) is 5.75 Å². The van der Waals surface area contributed by atoms with Crippen LogP contribution in [-0.4, -0.2) is 6.36 Å². The molecule has 0 aliphatic rings. The van der Waals surface area contributed by atoms with Gasteiger partial charge < -0.3 is 4.74 Å². The van der Waals surface area contributed by atoms with Gasteiger partial charge in [-0.05, 0) is 22.0 Å². The molecule has 0 aliphatic carbocycles. The van der Waals surface area contributed by atoms with Crippen molar-refractivity contribution in [1.29, 1.82) is 0 Å². The molecule has 83 valence electrons. The van der Waals surface area contributed by atoms with Crippen LogP contribution in [0.15, 0.2) is 22.7 Å². The highest BCUT2D eigenvalue weighted by molar-refractivity contribution is 9.10. The molecular weight excluding hydrogens is 273 g/mol. The molecule has 0 spiro atoms. The van der Waals surface area contributed by atoms with Crippen LogP contribution in [0, 0.1) is 5.92 Å². The van der Waals surface area contributed by atoms with Gasteiger partial charge in [-0.1, -0.05) is 26.0 Å². The van der Waals surface area contributed by atoms with E-state index in [1.54, 1.807) is 26.0 Å². The highest BCUT2D eigenvalue weighted by Gasteiger charge is 2.33. The predicted octanol–water partition coefficient (Wildman–Crippen LogP) is 4.31. The Balaban J connectivity index is 3.14. The topological polar surface area (TPSA) is 9.23 Å². The number of benzene rings is 1. The Morgan fingerprint density at radius 3 is 2.33 bits per heavy atom. The first-order chi connectivity index (χ1) is 6.81. The number of hydrogen-bond acceptors (Lipinski definition) is 1. The first-order valence-electron chi connectivity index (χ1n) is 4.16. The summed E-state index contributed by atoms with van der Waals surface area (Å²) in [5.74, 6) is 0.570. The third-order valence-electron chi connectivity index (χ3n) is 1.72. The van der Waals surface area contributed by atoms with Gasteiger partial charge in [0.25, 0.3) is 0 Å². The van der Waals surface area contributed by atoms with Crippen LogP contribution in [0.25, 0.3) is 0 Å². The molecule has 5 heteroatoms. The number of halogens is 4. The first-order valence-corrected chi connectivity index (χ1v) is 4.95. The van der Waals surface area contributed by atoms with Crippen molar-refractivity contribution in [3.63, 3.8) is 0 Å². The maximum Gasteiger partial charge on any atom is 0.573 e. The second-order valence-electron chi connectivity index (χ2n) is 3.16. The quantitative estimate of drug-likeness (QED) is 0.785. The molecule has 0 aliphatic heterocycles. The maximum atomic E-state index is 12.1. The van der Waals surface area contributed by atoms with E-state index in [9.17, 15) is 13.2 Å². The molecule has 0 bridgehead atoms. The summed E-state index contributed by atoms with van der Waals surface area (Å²) in [5.41, 5.74) is 0.446. The van der Waals surface area contributed by atoms with E-state index >= 15 is 0 Å². The van der Waals surface area contributed by atoms with Crippen molar-refractivity contribution in [2.45, 2.75) is 20.2 Å². The summed E-state index contributed by atoms with van der Waals surface area (Å²) in [4.78, 5) is 0. The van der Waals surface area contributed by atoms with E-state index in [4.69, 9.17) is 0 Å². The fraction of sp³-hybridized carbons (Fsp3) is 0.300. The van der Waals surface area contributed by atoms with Gasteiger partial charge in [-0.15, -0.1) is 13.2 Å². The van der Waals surface area contributed by atoms with Crippen molar-refractivity contribution in [2.24, 2.45) is 0 Å². The van der Waals surface area contributed by atoms with Gasteiger partial charge in [-0.25, -0.2) is 0 Å². The van der Waals surface area contributed by atoms with Crippen LogP contribution in [0.5, 0.6) is 5.75 Å². The van der Waals surface area contributed by atoms with Crippen molar-refractivity contribution in [2.75, 3.05) is 0 Å². The van der Waals surface area contributed by atoms with E-state index in [1.807, 2.05) is 0 Å². The highest BCUT2D eigenvalue weighted by atomic mass is 79.9. The van der Waals surface area contributed by atoms with Gasteiger partial charge in [0.05, 0.1) is 4.47 Å². The fourth-order valence-electron chi connectivity index (χ4n) is 1.12. The van der Waals surface area contributed by atoms with Crippen LogP contribution in [0.1, 0.15) is 19.4 Å². The SMILES string of the molecule is C[C](C)c1cccc(Br)c1OC(F)(F)F. The molecular formula is C10H9BrF3O. The number of rotatable bonds is 2. The molecule has 0 atom stereocenters. The largest absolute Gasteiger partial charge is 0.573 e. The summed E-state index contributed by atoms with van der Waals surface area (Å²) in [7, 11) is 0. The van der Waals surface area contributed by atoms with Crippen LogP contribution >= 0.6 is 15.9 Å². The van der Waals surface area contributed by atoms with Crippen molar-refractivity contribution in [1.82, 2.24) is 0 Å². The number of para-hydroxylation sites is 1. The lowest BCUT2D eigenvalue weighted by atomic mass is 10.0. The molecule has 1 nitrogen and oxygen atoms in total. The lowest BCUT2D eigenvalue weighted by Crippen LogP contribution is -2.18. The average molecular weight is 282 g/mol. The smallest absolute Gasteiger partial charge is 0.404 e. The Morgan fingerprint density at radius 2 is 1.87 bits per heavy atom. The zero-order valence-electron chi connectivity index (χ0n) is 8.15. The fourth-order valence-corrected chi connectivity index (χ4v) is 1.57. The van der Waals surface area contributed by atoms with Crippen LogP contribution in [0.4, 0.5) is 13.2 Å². The normalized spacial score (nSPS) is 11.9. The van der Waals surface area contributed by atoms with E-state index in [0.717, 1.165) is 5.92 Å². The van der Waals surface area contributed by atoms with E-state index in [1.165, 1.54) is 6.07 Å². The molecule has 0 heterocycles. The minimum atomic E-state index is -4.67. The zero-order chi connectivity index (χ0) is 11.6. The summed E-state index contributed by atoms with van der Waals surface area (Å²) in [5, 5.41) is 0. The molecule has 0 aromatic heterocycles. The minimum absolute atomic E-state index is 0.190. The van der Waals surface area contributed by atoms with E-state index in [0.29, 0.717) is 10.0 Å². The molecule has 15 heavy (non-hydrogen) atoms. The summed E-state index contributed by atoms with van der Waals surface area (Å²) >= 11 is 3.03. The van der Waals surface area contributed by atoms with Crippen LogP contribution in [0.2, 0.25) is 0 Å². The zero-order valence-corrected chi connectivity index (χ0v) is 9.74. The van der Waals surface area contributed by atoms with Gasteiger partial charge >= 0.3 is 6.36 Å². The molecule has 0 amide bonds. The molecule has 1 aromatic rings. The Labute approximate surface area is 94.4 Å². The number of hydrogen-bond donors (Lipinski definition) is 0. The Morgan fingerprint density at radius 1 is 1.27 bits per heavy atom. The summed E-state index contributed by atoms with van der Waals surface area (Å²) in [6.07, 6.45) is -4.67. The third-order valence-corrected chi connectivity index (χ3v) is 2.35. The van der Waals surface area contributed by atoms with Gasteiger partial charge in [0.15, 0.2) is 0 Å². The van der Waals surface area contributed by atoms with Crippen molar-refractivity contribution in [3.05, 3.63) is 34.2 Å². The Kier molecular flexibility index (Phi) is 3.65. The second kappa shape index (κ2) is 4.43. The van der Waals surface area contributed by atoms with Crippen LogP contribution < -0.4 is 4.74 Å².